The average molecular weight is 767 g/mol. The van der Waals surface area contributed by atoms with Gasteiger partial charge in [-0.1, -0.05) is 31.3 Å². The van der Waals surface area contributed by atoms with E-state index < -0.39 is 5.97 Å². The molecule has 2 atom stereocenters. The summed E-state index contributed by atoms with van der Waals surface area (Å²) in [7, 11) is 1.96. The third-order valence-electron chi connectivity index (χ3n) is 12.4. The van der Waals surface area contributed by atoms with Crippen LogP contribution in [0, 0.1) is 40.3 Å². The van der Waals surface area contributed by atoms with Crippen LogP contribution in [-0.2, 0) is 11.2 Å². The molecule has 9 rings (SSSR count). The molecule has 4 fully saturated rings. The third-order valence-corrected chi connectivity index (χ3v) is 13.4. The first kappa shape index (κ1) is 37.4. The summed E-state index contributed by atoms with van der Waals surface area (Å²) in [4.78, 5) is 23.9. The molecule has 1 aliphatic heterocycles. The minimum Gasteiger partial charge on any atom is -0.476 e. The second-order valence-corrected chi connectivity index (χ2v) is 18.2. The number of aromatic carboxylic acids is 1. The molecule has 4 aliphatic carbocycles. The molecule has 0 spiro atoms. The second kappa shape index (κ2) is 13.9. The van der Waals surface area contributed by atoms with E-state index in [2.05, 4.69) is 56.0 Å². The van der Waals surface area contributed by atoms with Gasteiger partial charge in [0.25, 0.3) is 0 Å². The summed E-state index contributed by atoms with van der Waals surface area (Å²) in [5.41, 5.74) is 3.99. The van der Waals surface area contributed by atoms with Gasteiger partial charge in [0.05, 0.1) is 29.0 Å². The first-order valence-electron chi connectivity index (χ1n) is 19.2. The molecule has 4 aromatic rings. The van der Waals surface area contributed by atoms with E-state index >= 15 is 0 Å². The number of thiazole rings is 1. The van der Waals surface area contributed by atoms with Gasteiger partial charge < -0.3 is 30.7 Å². The van der Waals surface area contributed by atoms with Crippen molar-refractivity contribution in [2.24, 2.45) is 16.2 Å². The quantitative estimate of drug-likeness (QED) is 0.0904. The van der Waals surface area contributed by atoms with Crippen LogP contribution in [0.25, 0.3) is 15.8 Å². The van der Waals surface area contributed by atoms with Crippen LogP contribution in [0.1, 0.15) is 92.9 Å². The summed E-state index contributed by atoms with van der Waals surface area (Å²) >= 11 is 1.21. The lowest BCUT2D eigenvalue weighted by Crippen LogP contribution is -2.86. The van der Waals surface area contributed by atoms with Crippen LogP contribution >= 0.6 is 11.3 Å². The highest BCUT2D eigenvalue weighted by atomic mass is 32.1. The topological polar surface area (TPSA) is 166 Å². The number of carbonyl (C=O) groups is 1. The number of likely N-dealkylation sites (N-methyl/N-ethyl adjacent to an activating group) is 1. The zero-order valence-electron chi connectivity index (χ0n) is 32.2. The predicted octanol–water partition coefficient (Wildman–Crippen LogP) is 6.63. The summed E-state index contributed by atoms with van der Waals surface area (Å²) < 4.78 is 21.5. The molecule has 2 unspecified atom stereocenters. The van der Waals surface area contributed by atoms with E-state index in [4.69, 9.17) is 4.74 Å². The number of aromatic nitrogens is 4. The molecular weight excluding hydrogens is 718 g/mol. The Labute approximate surface area is 324 Å². The van der Waals surface area contributed by atoms with Crippen LogP contribution in [0.5, 0.6) is 0 Å². The molecule has 288 valence electrons. The number of ether oxygens (including phenoxy) is 1. The summed E-state index contributed by atoms with van der Waals surface area (Å²) in [5.74, 6) is 0.0333. The minimum atomic E-state index is -1.20. The first-order chi connectivity index (χ1) is 26.3. The fourth-order valence-electron chi connectivity index (χ4n) is 11.4. The number of nitrogens with two attached hydrogens (primary N) is 1. The van der Waals surface area contributed by atoms with Gasteiger partial charge >= 0.3 is 5.97 Å². The summed E-state index contributed by atoms with van der Waals surface area (Å²) in [6.07, 6.45) is 8.22. The van der Waals surface area contributed by atoms with Gasteiger partial charge in [-0.15, -0.1) is 10.2 Å². The molecule has 14 heteroatoms. The minimum absolute atomic E-state index is 0.0694. The van der Waals surface area contributed by atoms with Crippen molar-refractivity contribution in [1.29, 1.82) is 5.26 Å². The number of carboxylic acid groups (broad SMARTS) is 1. The zero-order chi connectivity index (χ0) is 38.8. The van der Waals surface area contributed by atoms with E-state index in [1.54, 1.807) is 24.3 Å². The van der Waals surface area contributed by atoms with Crippen LogP contribution in [-0.4, -0.2) is 70.1 Å². The Morgan fingerprint density at radius 1 is 1.11 bits per heavy atom. The Kier molecular flexibility index (Phi) is 9.43. The van der Waals surface area contributed by atoms with Gasteiger partial charge in [-0.2, -0.15) is 5.26 Å². The number of rotatable bonds is 12. The van der Waals surface area contributed by atoms with Crippen molar-refractivity contribution < 1.29 is 24.3 Å². The molecule has 4 heterocycles. The fraction of sp³-hybridized carbons (Fsp3) is 0.512. The number of nitrogens with zero attached hydrogens (tertiary/aromatic N) is 6. The maximum Gasteiger partial charge on any atom is 0.355 e. The normalized spacial score (nSPS) is 27.2. The number of allylic oxidation sites excluding steroid dienone is 2. The Hall–Kier alpha value is -4.55. The number of benzene rings is 1. The Morgan fingerprint density at radius 3 is 2.60 bits per heavy atom. The lowest BCUT2D eigenvalue weighted by molar-refractivity contribution is -0.623. The molecule has 1 aromatic carbocycles. The standard InChI is InChI=1S/C41H48FN9O3S/c1-24-26-8-7-14-51(35(26)50-49-34(24)48-37-46-30-10-6-9-29(42)33(30)55-37)31-12-11-27(32(47-31)36(52)53)28(16-43)25(2)45-23-40-18-38(3)17-39(4,19-40)21-41(20-38,22-40)54-15-13-44-5/h6,9-12,44-45H,7-8,13-15,17-23H2,1-5H3,(H,52,53)(H,46,48,49)/p+1/b28-25+. The zero-order valence-corrected chi connectivity index (χ0v) is 33.0. The number of nitrogens with one attached hydrogen (secondary N) is 2. The highest BCUT2D eigenvalue weighted by Gasteiger charge is 2.66. The van der Waals surface area contributed by atoms with Gasteiger partial charge in [0.2, 0.25) is 0 Å². The number of hydrogen-bond acceptors (Lipinski definition) is 11. The highest BCUT2D eigenvalue weighted by molar-refractivity contribution is 7.22. The molecule has 5 aliphatic rings. The number of fused-ring (bicyclic) bond motifs is 2. The van der Waals surface area contributed by atoms with Gasteiger partial charge in [0, 0.05) is 42.1 Å². The number of pyridine rings is 1. The molecule has 55 heavy (non-hydrogen) atoms. The van der Waals surface area contributed by atoms with E-state index in [1.807, 2.05) is 25.8 Å². The summed E-state index contributed by atoms with van der Waals surface area (Å²) in [6.45, 7) is 11.6. The molecule has 0 saturated heterocycles. The number of quaternary nitrogens is 1. The summed E-state index contributed by atoms with van der Waals surface area (Å²) in [6, 6.07) is 10.6. The number of halogens is 1. The third kappa shape index (κ3) is 6.85. The maximum absolute atomic E-state index is 14.3. The number of hydrogen-bond donors (Lipinski definition) is 4. The molecule has 5 N–H and O–H groups in total. The molecule has 4 bridgehead atoms. The van der Waals surface area contributed by atoms with Crippen molar-refractivity contribution in [3.63, 3.8) is 0 Å². The van der Waals surface area contributed by atoms with Gasteiger partial charge in [-0.3, -0.25) is 0 Å². The Balaban J connectivity index is 1.05. The molecular formula is C41H49FN9O3S+. The van der Waals surface area contributed by atoms with Gasteiger partial charge in [-0.05, 0) is 100 Å². The van der Waals surface area contributed by atoms with Gasteiger partial charge in [0.1, 0.15) is 29.0 Å². The van der Waals surface area contributed by atoms with Crippen molar-refractivity contribution in [3.05, 3.63) is 64.2 Å². The lowest BCUT2D eigenvalue weighted by Gasteiger charge is -2.68. The van der Waals surface area contributed by atoms with E-state index in [0.717, 1.165) is 74.9 Å². The van der Waals surface area contributed by atoms with Crippen molar-refractivity contribution in [2.45, 2.75) is 84.7 Å². The average Bonchev–Trinajstić information content (AvgIpc) is 3.55. The van der Waals surface area contributed by atoms with E-state index in [9.17, 15) is 19.6 Å². The van der Waals surface area contributed by atoms with Crippen LogP contribution in [0.2, 0.25) is 0 Å². The number of nitriles is 1. The molecule has 12 nitrogen and oxygen atoms in total. The smallest absolute Gasteiger partial charge is 0.355 e. The van der Waals surface area contributed by atoms with Crippen LogP contribution in [0.4, 0.5) is 27.0 Å². The molecule has 0 amide bonds. The van der Waals surface area contributed by atoms with Crippen LogP contribution in [0.15, 0.2) is 36.0 Å². The van der Waals surface area contributed by atoms with Crippen LogP contribution < -0.4 is 20.9 Å². The molecule has 0 radical (unpaired) electrons. The second-order valence-electron chi connectivity index (χ2n) is 17.2. The van der Waals surface area contributed by atoms with Gasteiger partial charge in [0.15, 0.2) is 22.5 Å². The van der Waals surface area contributed by atoms with Crippen molar-refractivity contribution in [1.82, 2.24) is 25.5 Å². The Morgan fingerprint density at radius 2 is 1.89 bits per heavy atom. The van der Waals surface area contributed by atoms with E-state index in [-0.39, 0.29) is 33.4 Å². The highest BCUT2D eigenvalue weighted by Crippen LogP contribution is 2.71. The SMILES string of the molecule is CNCCOC12CC3(C)CC(C)(CC(C[NH2+]/C(C)=C(\C#N)c4ccc(N5CCCc6c5nnc(Nc5nc7cccc(F)c7s5)c6C)nc4C(=O)O)(C3)C1)C2. The number of carboxylic acids is 1. The van der Waals surface area contributed by atoms with Crippen LogP contribution in [0.3, 0.4) is 0 Å². The Bertz CT molecular complexity index is 2250. The van der Waals surface area contributed by atoms with Crippen molar-refractivity contribution in [3.8, 4) is 6.07 Å². The fourth-order valence-corrected chi connectivity index (χ4v) is 12.2. The predicted molar refractivity (Wildman–Crippen MR) is 210 cm³/mol. The summed E-state index contributed by atoms with van der Waals surface area (Å²) in [5, 5.41) is 39.1. The van der Waals surface area contributed by atoms with Crippen molar-refractivity contribution >= 4 is 55.7 Å². The van der Waals surface area contributed by atoms with E-state index in [0.29, 0.717) is 57.1 Å². The van der Waals surface area contributed by atoms with Crippen molar-refractivity contribution in [2.75, 3.05) is 43.5 Å². The molecule has 4 saturated carbocycles. The van der Waals surface area contributed by atoms with Gasteiger partial charge in [-0.25, -0.2) is 19.2 Å². The number of anilines is 4. The largest absolute Gasteiger partial charge is 0.476 e. The van der Waals surface area contributed by atoms with E-state index in [1.165, 1.54) is 23.8 Å². The lowest BCUT2D eigenvalue weighted by atomic mass is 9.39. The first-order valence-corrected chi connectivity index (χ1v) is 20.0. The molecule has 3 aromatic heterocycles. The maximum atomic E-state index is 14.3. The monoisotopic (exact) mass is 766 g/mol.